The summed E-state index contributed by atoms with van der Waals surface area (Å²) in [5.74, 6) is -0.588. The van der Waals surface area contributed by atoms with Crippen LogP contribution in [0.25, 0.3) is 0 Å². The van der Waals surface area contributed by atoms with Gasteiger partial charge in [0.2, 0.25) is 0 Å². The number of nitrogens with zero attached hydrogens (tertiary/aromatic N) is 2. The Bertz CT molecular complexity index is 519. The van der Waals surface area contributed by atoms with E-state index in [4.69, 9.17) is 10.5 Å². The molecule has 0 radical (unpaired) electrons. The fourth-order valence-electron chi connectivity index (χ4n) is 1.73. The summed E-state index contributed by atoms with van der Waals surface area (Å²) in [4.78, 5) is 23.5. The average molecular weight is 298 g/mol. The van der Waals surface area contributed by atoms with Gasteiger partial charge in [0.05, 0.1) is 13.2 Å². The number of hydrogen-bond donors (Lipinski definition) is 2. The van der Waals surface area contributed by atoms with Crippen molar-refractivity contribution in [1.29, 1.82) is 0 Å². The van der Waals surface area contributed by atoms with Crippen molar-refractivity contribution in [2.45, 2.75) is 32.4 Å². The Kier molecular flexibility index (Phi) is 5.31. The number of aromatic nitrogens is 2. The van der Waals surface area contributed by atoms with E-state index in [0.717, 1.165) is 0 Å². The molecule has 0 aliphatic rings. The molecule has 1 rings (SSSR count). The molecule has 0 aromatic carbocycles. The number of rotatable bonds is 4. The van der Waals surface area contributed by atoms with Crippen LogP contribution in [0.3, 0.4) is 0 Å². The first kappa shape index (κ1) is 17.0. The third kappa shape index (κ3) is 4.75. The van der Waals surface area contributed by atoms with Gasteiger partial charge in [0.15, 0.2) is 5.69 Å². The number of nitrogens with two attached hydrogens (primary N) is 1. The van der Waals surface area contributed by atoms with Crippen LogP contribution in [0.4, 0.5) is 4.79 Å². The number of alkyl carbamates (subject to hydrolysis) is 1. The van der Waals surface area contributed by atoms with Gasteiger partial charge in [-0.1, -0.05) is 0 Å². The van der Waals surface area contributed by atoms with E-state index in [0.29, 0.717) is 5.56 Å². The van der Waals surface area contributed by atoms with Gasteiger partial charge in [0.25, 0.3) is 0 Å². The van der Waals surface area contributed by atoms with Gasteiger partial charge in [0, 0.05) is 25.4 Å². The summed E-state index contributed by atoms with van der Waals surface area (Å²) >= 11 is 0. The lowest BCUT2D eigenvalue weighted by atomic mass is 10.1. The number of aryl methyl sites for hydroxylation is 1. The largest absolute Gasteiger partial charge is 0.464 e. The highest BCUT2D eigenvalue weighted by Gasteiger charge is 2.26. The summed E-state index contributed by atoms with van der Waals surface area (Å²) in [7, 11) is 2.93. The van der Waals surface area contributed by atoms with Crippen molar-refractivity contribution < 1.29 is 19.1 Å². The lowest BCUT2D eigenvalue weighted by Gasteiger charge is -2.22. The minimum Gasteiger partial charge on any atom is -0.464 e. The summed E-state index contributed by atoms with van der Waals surface area (Å²) < 4.78 is 11.3. The number of nitrogens with one attached hydrogen (secondary N) is 1. The second-order valence-electron chi connectivity index (χ2n) is 5.53. The molecule has 1 unspecified atom stereocenters. The van der Waals surface area contributed by atoms with Crippen molar-refractivity contribution in [2.24, 2.45) is 12.8 Å². The van der Waals surface area contributed by atoms with Gasteiger partial charge < -0.3 is 20.5 Å². The van der Waals surface area contributed by atoms with E-state index in [2.05, 4.69) is 15.2 Å². The van der Waals surface area contributed by atoms with Crippen molar-refractivity contribution in [3.63, 3.8) is 0 Å². The molecule has 0 saturated heterocycles. The van der Waals surface area contributed by atoms with Crippen LogP contribution in [-0.4, -0.2) is 41.1 Å². The first-order valence-electron chi connectivity index (χ1n) is 6.49. The highest BCUT2D eigenvalue weighted by atomic mass is 16.6. The van der Waals surface area contributed by atoms with Crippen molar-refractivity contribution in [1.82, 2.24) is 15.1 Å². The zero-order chi connectivity index (χ0) is 16.2. The van der Waals surface area contributed by atoms with E-state index in [-0.39, 0.29) is 12.2 Å². The lowest BCUT2D eigenvalue weighted by molar-refractivity contribution is 0.0499. The van der Waals surface area contributed by atoms with E-state index in [9.17, 15) is 9.59 Å². The van der Waals surface area contributed by atoms with Crippen molar-refractivity contribution >= 4 is 12.1 Å². The summed E-state index contributed by atoms with van der Waals surface area (Å²) in [6, 6.07) is -0.595. The molecule has 1 atom stereocenters. The topological polar surface area (TPSA) is 108 Å². The van der Waals surface area contributed by atoms with Crippen LogP contribution in [-0.2, 0) is 16.5 Å². The van der Waals surface area contributed by atoms with E-state index < -0.39 is 23.7 Å². The fourth-order valence-corrected chi connectivity index (χ4v) is 1.73. The smallest absolute Gasteiger partial charge is 0.408 e. The van der Waals surface area contributed by atoms with E-state index in [1.165, 1.54) is 11.8 Å². The van der Waals surface area contributed by atoms with E-state index in [1.54, 1.807) is 34.0 Å². The molecule has 8 nitrogen and oxygen atoms in total. The van der Waals surface area contributed by atoms with Gasteiger partial charge in [-0.25, -0.2) is 9.59 Å². The highest BCUT2D eigenvalue weighted by Crippen LogP contribution is 2.18. The molecule has 21 heavy (non-hydrogen) atoms. The monoisotopic (exact) mass is 298 g/mol. The molecule has 0 bridgehead atoms. The zero-order valence-electron chi connectivity index (χ0n) is 13.0. The van der Waals surface area contributed by atoms with Crippen LogP contribution < -0.4 is 11.1 Å². The van der Waals surface area contributed by atoms with Crippen LogP contribution in [0.1, 0.15) is 42.9 Å². The number of amides is 1. The third-order valence-corrected chi connectivity index (χ3v) is 2.54. The molecule has 1 aromatic rings. The Labute approximate surface area is 123 Å². The maximum Gasteiger partial charge on any atom is 0.408 e. The molecular weight excluding hydrogens is 276 g/mol. The lowest BCUT2D eigenvalue weighted by Crippen LogP contribution is -2.38. The molecule has 1 aromatic heterocycles. The summed E-state index contributed by atoms with van der Waals surface area (Å²) in [6.07, 6.45) is 0.999. The predicted molar refractivity (Wildman–Crippen MR) is 75.7 cm³/mol. The maximum atomic E-state index is 11.8. The Balaban J connectivity index is 2.95. The first-order valence-corrected chi connectivity index (χ1v) is 6.49. The maximum absolute atomic E-state index is 11.8. The molecule has 1 heterocycles. The molecule has 118 valence electrons. The molecule has 0 aliphatic heterocycles. The average Bonchev–Trinajstić information content (AvgIpc) is 2.74. The van der Waals surface area contributed by atoms with Gasteiger partial charge >= 0.3 is 12.1 Å². The highest BCUT2D eigenvalue weighted by molar-refractivity contribution is 5.89. The summed E-state index contributed by atoms with van der Waals surface area (Å²) in [5.41, 5.74) is 5.66. The second-order valence-corrected chi connectivity index (χ2v) is 5.53. The van der Waals surface area contributed by atoms with Gasteiger partial charge in [-0.3, -0.25) is 4.68 Å². The van der Waals surface area contributed by atoms with Gasteiger partial charge in [-0.2, -0.15) is 5.10 Å². The van der Waals surface area contributed by atoms with Crippen LogP contribution in [0.2, 0.25) is 0 Å². The SMILES string of the molecule is COC(=O)c1nn(C)cc1C(CN)NC(=O)OC(C)(C)C. The Morgan fingerprint density at radius 2 is 2.10 bits per heavy atom. The van der Waals surface area contributed by atoms with Crippen LogP contribution in [0.5, 0.6) is 0 Å². The van der Waals surface area contributed by atoms with Crippen LogP contribution in [0.15, 0.2) is 6.20 Å². The summed E-state index contributed by atoms with van der Waals surface area (Å²) in [5, 5.41) is 6.65. The number of carbonyl (C=O) groups is 2. The number of methoxy groups -OCH3 is 1. The number of carbonyl (C=O) groups excluding carboxylic acids is 2. The quantitative estimate of drug-likeness (QED) is 0.793. The van der Waals surface area contributed by atoms with E-state index in [1.807, 2.05) is 0 Å². The van der Waals surface area contributed by atoms with Gasteiger partial charge in [-0.15, -0.1) is 0 Å². The Morgan fingerprint density at radius 3 is 2.57 bits per heavy atom. The molecule has 3 N–H and O–H groups in total. The number of esters is 1. The minimum absolute atomic E-state index is 0.0922. The summed E-state index contributed by atoms with van der Waals surface area (Å²) in [6.45, 7) is 5.37. The van der Waals surface area contributed by atoms with Crippen molar-refractivity contribution in [3.05, 3.63) is 17.5 Å². The zero-order valence-corrected chi connectivity index (χ0v) is 13.0. The fraction of sp³-hybridized carbons (Fsp3) is 0.615. The predicted octanol–water partition coefficient (Wildman–Crippen LogP) is 0.731. The van der Waals surface area contributed by atoms with Gasteiger partial charge in [0.1, 0.15) is 5.60 Å². The van der Waals surface area contributed by atoms with Crippen molar-refractivity contribution in [3.8, 4) is 0 Å². The van der Waals surface area contributed by atoms with Crippen molar-refractivity contribution in [2.75, 3.05) is 13.7 Å². The standard InChI is InChI=1S/C13H22N4O4/c1-13(2,3)21-12(19)15-9(6-14)8-7-17(4)16-10(8)11(18)20-5/h7,9H,6,14H2,1-5H3,(H,15,19). The van der Waals surface area contributed by atoms with Gasteiger partial charge in [-0.05, 0) is 20.8 Å². The van der Waals surface area contributed by atoms with E-state index >= 15 is 0 Å². The molecular formula is C13H22N4O4. The Hall–Kier alpha value is -2.09. The second kappa shape index (κ2) is 6.57. The number of ether oxygens (including phenoxy) is 2. The minimum atomic E-state index is -0.622. The molecule has 0 aliphatic carbocycles. The molecule has 8 heteroatoms. The molecule has 0 spiro atoms. The normalized spacial score (nSPS) is 12.7. The number of hydrogen-bond acceptors (Lipinski definition) is 6. The van der Waals surface area contributed by atoms with Crippen LogP contribution >= 0.6 is 0 Å². The first-order chi connectivity index (χ1) is 9.67. The molecule has 1 amide bonds. The molecule has 0 fully saturated rings. The Morgan fingerprint density at radius 1 is 1.48 bits per heavy atom. The van der Waals surface area contributed by atoms with Crippen LogP contribution in [0, 0.1) is 0 Å². The molecule has 0 saturated carbocycles. The third-order valence-electron chi connectivity index (χ3n) is 2.54.